The van der Waals surface area contributed by atoms with E-state index in [2.05, 4.69) is 0 Å². The van der Waals surface area contributed by atoms with Gasteiger partial charge in [-0.15, -0.1) is 0 Å². The number of carbonyl (C=O) groups excluding carboxylic acids is 1. The normalized spacial score (nSPS) is 20.3. The highest BCUT2D eigenvalue weighted by molar-refractivity contribution is 5.71. The number of rotatable bonds is 2. The van der Waals surface area contributed by atoms with Crippen molar-refractivity contribution >= 4 is 11.7 Å². The van der Waals surface area contributed by atoms with Gasteiger partial charge in [-0.3, -0.25) is 14.9 Å². The molecule has 5 heteroatoms. The first-order valence-corrected chi connectivity index (χ1v) is 6.11. The Labute approximate surface area is 138 Å². The zero-order chi connectivity index (χ0) is 24.1. The summed E-state index contributed by atoms with van der Waals surface area (Å²) >= 11 is 0. The number of hydrogen-bond acceptors (Lipinski definition) is 4. The van der Waals surface area contributed by atoms with E-state index in [-0.39, 0.29) is 5.56 Å². The summed E-state index contributed by atoms with van der Waals surface area (Å²) in [6, 6.07) is 1.55. The van der Waals surface area contributed by atoms with Crippen molar-refractivity contribution < 1.29 is 26.8 Å². The zero-order valence-electron chi connectivity index (χ0n) is 21.2. The van der Waals surface area contributed by atoms with Gasteiger partial charge in [0.25, 0.3) is 5.69 Å². The van der Waals surface area contributed by atoms with Crippen LogP contribution in [0.2, 0.25) is 0 Å². The average Bonchev–Trinajstić information content (AvgIpc) is 2.42. The number of ether oxygens (including phenoxy) is 1. The summed E-state index contributed by atoms with van der Waals surface area (Å²) in [5.74, 6) is -1.84. The van der Waals surface area contributed by atoms with E-state index < -0.39 is 59.3 Å². The highest BCUT2D eigenvalue weighted by Gasteiger charge is 2.31. The molecule has 0 heterocycles. The number of carbonyl (C=O) groups is 1. The van der Waals surface area contributed by atoms with Crippen molar-refractivity contribution in [3.05, 3.63) is 33.4 Å². The third kappa shape index (κ3) is 4.03. The molecule has 5 nitrogen and oxygen atoms in total. The second-order valence-electron chi connectivity index (χ2n) is 5.72. The molecule has 0 saturated heterocycles. The van der Waals surface area contributed by atoms with Crippen LogP contribution in [0.15, 0.2) is 12.1 Å². The van der Waals surface area contributed by atoms with Gasteiger partial charge in [-0.05, 0) is 16.9 Å². The molecule has 1 rings (SSSR count). The van der Waals surface area contributed by atoms with E-state index in [1.807, 2.05) is 0 Å². The van der Waals surface area contributed by atoms with Crippen LogP contribution in [-0.4, -0.2) is 10.9 Å². The van der Waals surface area contributed by atoms with Crippen LogP contribution in [0.1, 0.15) is 71.7 Å². The van der Waals surface area contributed by atoms with Gasteiger partial charge in [-0.25, -0.2) is 0 Å². The SMILES string of the molecule is [2H]C([2H])([2H])C(c1cc(C(C)(C)C)c([N+](=O)[O-])cc1OC(C)=O)(C([2H])([2H])[2H])C([2H])([2H])[2H]. The largest absolute Gasteiger partial charge is 0.426 e. The molecule has 0 radical (unpaired) electrons. The maximum atomic E-state index is 11.6. The Bertz CT molecular complexity index is 812. The van der Waals surface area contributed by atoms with Gasteiger partial charge >= 0.3 is 5.97 Å². The third-order valence-corrected chi connectivity index (χ3v) is 2.76. The number of nitrogens with zero attached hydrogens (tertiary/aromatic N) is 1. The lowest BCUT2D eigenvalue weighted by Crippen LogP contribution is -2.20. The summed E-state index contributed by atoms with van der Waals surface area (Å²) in [7, 11) is 0. The van der Waals surface area contributed by atoms with Crippen LogP contribution < -0.4 is 4.74 Å². The Balaban J connectivity index is 4.39. The molecular weight excluding hydrogens is 270 g/mol. The Morgan fingerprint density at radius 2 is 1.76 bits per heavy atom. The zero-order valence-corrected chi connectivity index (χ0v) is 12.2. The van der Waals surface area contributed by atoms with Crippen LogP contribution in [0.3, 0.4) is 0 Å². The van der Waals surface area contributed by atoms with Crippen molar-refractivity contribution in [3.63, 3.8) is 0 Å². The van der Waals surface area contributed by atoms with Gasteiger partial charge in [-0.2, -0.15) is 0 Å². The molecule has 21 heavy (non-hydrogen) atoms. The number of nitro groups is 1. The number of nitro benzene ring substituents is 1. The molecule has 1 aromatic rings. The molecule has 0 amide bonds. The van der Waals surface area contributed by atoms with Gasteiger partial charge in [0.2, 0.25) is 0 Å². The first kappa shape index (κ1) is 7.92. The van der Waals surface area contributed by atoms with Crippen LogP contribution in [-0.2, 0) is 15.6 Å². The Hall–Kier alpha value is -1.91. The third-order valence-electron chi connectivity index (χ3n) is 2.76. The van der Waals surface area contributed by atoms with E-state index in [1.54, 1.807) is 20.8 Å². The number of esters is 1. The van der Waals surface area contributed by atoms with Crippen molar-refractivity contribution in [3.8, 4) is 5.75 Å². The lowest BCUT2D eigenvalue weighted by atomic mass is 9.79. The molecule has 0 aliphatic rings. The van der Waals surface area contributed by atoms with Crippen LogP contribution in [0.5, 0.6) is 5.75 Å². The predicted octanol–water partition coefficient (Wildman–Crippen LogP) is 4.12. The second-order valence-corrected chi connectivity index (χ2v) is 5.72. The van der Waals surface area contributed by atoms with Crippen molar-refractivity contribution in [1.29, 1.82) is 0 Å². The molecule has 0 aromatic heterocycles. The molecule has 0 N–H and O–H groups in total. The minimum atomic E-state index is -3.62. The van der Waals surface area contributed by atoms with Gasteiger partial charge < -0.3 is 4.74 Å². The Morgan fingerprint density at radius 3 is 2.14 bits per heavy atom. The maximum absolute atomic E-state index is 11.6. The van der Waals surface area contributed by atoms with Gasteiger partial charge in [0.1, 0.15) is 5.75 Å². The molecule has 116 valence electrons. The summed E-state index contributed by atoms with van der Waals surface area (Å²) in [4.78, 5) is 22.4. The van der Waals surface area contributed by atoms with Gasteiger partial charge in [-0.1, -0.05) is 41.3 Å². The lowest BCUT2D eigenvalue weighted by Gasteiger charge is -2.26. The fourth-order valence-electron chi connectivity index (χ4n) is 1.85. The summed E-state index contributed by atoms with van der Waals surface area (Å²) in [5.41, 5.74) is -6.00. The van der Waals surface area contributed by atoms with E-state index in [9.17, 15) is 14.9 Å². The van der Waals surface area contributed by atoms with E-state index in [0.29, 0.717) is 6.07 Å². The summed E-state index contributed by atoms with van der Waals surface area (Å²) < 4.78 is 75.7. The minimum Gasteiger partial charge on any atom is -0.426 e. The Morgan fingerprint density at radius 1 is 1.19 bits per heavy atom. The smallest absolute Gasteiger partial charge is 0.308 e. The van der Waals surface area contributed by atoms with E-state index in [4.69, 9.17) is 17.1 Å². The highest BCUT2D eigenvalue weighted by Crippen LogP contribution is 2.40. The quantitative estimate of drug-likeness (QED) is 0.357. The summed E-state index contributed by atoms with van der Waals surface area (Å²) in [5, 5.41) is 11.6. The van der Waals surface area contributed by atoms with Gasteiger partial charge in [0.15, 0.2) is 0 Å². The predicted molar refractivity (Wildman–Crippen MR) is 81.8 cm³/mol. The molecule has 0 saturated carbocycles. The van der Waals surface area contributed by atoms with Crippen molar-refractivity contribution in [2.24, 2.45) is 0 Å². The van der Waals surface area contributed by atoms with E-state index >= 15 is 0 Å². The molecule has 0 aliphatic carbocycles. The number of hydrogen-bond donors (Lipinski definition) is 0. The van der Waals surface area contributed by atoms with Crippen LogP contribution in [0.4, 0.5) is 5.69 Å². The molecule has 0 atom stereocenters. The molecule has 0 fully saturated rings. The summed E-state index contributed by atoms with van der Waals surface area (Å²) in [6.45, 7) is -5.31. The van der Waals surface area contributed by atoms with Crippen molar-refractivity contribution in [1.82, 2.24) is 0 Å². The molecule has 0 aliphatic heterocycles. The van der Waals surface area contributed by atoms with E-state index in [1.165, 1.54) is 0 Å². The Kier molecular flexibility index (Phi) is 2.06. The lowest BCUT2D eigenvalue weighted by molar-refractivity contribution is -0.386. The first-order valence-electron chi connectivity index (χ1n) is 10.6. The maximum Gasteiger partial charge on any atom is 0.308 e. The van der Waals surface area contributed by atoms with Crippen molar-refractivity contribution in [2.45, 2.75) is 59.1 Å². The molecule has 1 aromatic carbocycles. The van der Waals surface area contributed by atoms with Gasteiger partial charge in [0, 0.05) is 30.4 Å². The molecular formula is C16H23NO4. The van der Waals surface area contributed by atoms with Gasteiger partial charge in [0.05, 0.1) is 11.0 Å². The van der Waals surface area contributed by atoms with Crippen LogP contribution in [0.25, 0.3) is 0 Å². The van der Waals surface area contributed by atoms with Crippen LogP contribution in [0, 0.1) is 10.1 Å². The number of benzene rings is 1. The van der Waals surface area contributed by atoms with Crippen LogP contribution >= 0.6 is 0 Å². The summed E-state index contributed by atoms with van der Waals surface area (Å²) in [6.07, 6.45) is 0. The first-order chi connectivity index (χ1) is 13.1. The highest BCUT2D eigenvalue weighted by atomic mass is 16.6. The fourth-order valence-corrected chi connectivity index (χ4v) is 1.85. The second kappa shape index (κ2) is 5.47. The molecule has 0 spiro atoms. The van der Waals surface area contributed by atoms with E-state index in [0.717, 1.165) is 13.0 Å². The topological polar surface area (TPSA) is 69.4 Å². The average molecular weight is 302 g/mol. The van der Waals surface area contributed by atoms with Crippen molar-refractivity contribution in [2.75, 3.05) is 0 Å². The minimum absolute atomic E-state index is 0.111. The molecule has 0 unspecified atom stereocenters. The monoisotopic (exact) mass is 302 g/mol. The standard InChI is InChI=1S/C16H23NO4/c1-10(18)21-14-9-13(17(19)20)11(15(2,3)4)8-12(14)16(5,6)7/h8-9H,1-7H3/i5D3,6D3,7D3. The molecule has 0 bridgehead atoms. The fraction of sp³-hybridized carbons (Fsp3) is 0.562.